The van der Waals surface area contributed by atoms with Crippen molar-refractivity contribution in [2.24, 2.45) is 13.0 Å². The van der Waals surface area contributed by atoms with Crippen LogP contribution in [0.1, 0.15) is 38.4 Å². The number of phosphoric acid groups is 4. The van der Waals surface area contributed by atoms with E-state index in [0.717, 1.165) is 36.6 Å². The first-order chi connectivity index (χ1) is 36.6. The number of methoxy groups -OCH3 is 1. The quantitative estimate of drug-likeness (QED) is 0.0170. The molecule has 38 nitrogen and oxygen atoms in total. The lowest BCUT2D eigenvalue weighted by Gasteiger charge is -2.26. The molecule has 430 valence electrons. The fourth-order valence-electron chi connectivity index (χ4n) is 8.83. The van der Waals surface area contributed by atoms with Crippen molar-refractivity contribution < 1.29 is 108 Å². The number of H-pyrrole nitrogens is 2. The molecule has 3 aliphatic heterocycles. The number of carbonyl (C=O) groups excluding carboxylic acids is 1. The topological polar surface area (TPSA) is 536 Å². The average Bonchev–Trinajstić information content (AvgIpc) is 4.23. The summed E-state index contributed by atoms with van der Waals surface area (Å²) < 4.78 is 110. The summed E-state index contributed by atoms with van der Waals surface area (Å²) in [5.74, 6) is -1.70. The number of phosphoric ester groups is 3. The molecule has 0 bridgehead atoms. The van der Waals surface area contributed by atoms with Crippen LogP contribution in [0.25, 0.3) is 22.3 Å². The molecule has 0 aromatic carbocycles. The predicted octanol–water partition coefficient (Wildman–Crippen LogP) is -3.70. The van der Waals surface area contributed by atoms with Gasteiger partial charge in [-0.05, 0) is 12.8 Å². The number of imidazole rings is 2. The van der Waals surface area contributed by atoms with E-state index in [0.29, 0.717) is 0 Å². The van der Waals surface area contributed by atoms with Gasteiger partial charge in [-0.3, -0.25) is 56.1 Å². The van der Waals surface area contributed by atoms with Gasteiger partial charge in [0, 0.05) is 38.8 Å². The smallest absolute Gasteiger partial charge is 0.387 e. The molecular weight excluding hydrogens is 1140 g/mol. The van der Waals surface area contributed by atoms with Gasteiger partial charge in [-0.1, -0.05) is 4.98 Å². The molecule has 0 spiro atoms. The Kier molecular flexibility index (Phi) is 17.5. The maximum Gasteiger partial charge on any atom is 0.490 e. The van der Waals surface area contributed by atoms with Gasteiger partial charge in [-0.25, -0.2) is 42.6 Å². The van der Waals surface area contributed by atoms with E-state index in [2.05, 4.69) is 38.9 Å². The number of aliphatic hydroxyl groups is 3. The molecular formula is C36H52N13O25P4+. The lowest BCUT2D eigenvalue weighted by Crippen LogP contribution is -2.45. The van der Waals surface area contributed by atoms with Crippen molar-refractivity contribution in [3.63, 3.8) is 0 Å². The number of carbonyl (C=O) groups is 1. The maximum absolute atomic E-state index is 13.6. The van der Waals surface area contributed by atoms with Crippen LogP contribution in [0.5, 0.6) is 0 Å². The van der Waals surface area contributed by atoms with Crippen molar-refractivity contribution in [2.45, 2.75) is 87.3 Å². The number of aromatic nitrogens is 10. The second-order valence-corrected chi connectivity index (χ2v) is 23.5. The highest BCUT2D eigenvalue weighted by Gasteiger charge is 2.54. The highest BCUT2D eigenvalue weighted by atomic mass is 31.3. The number of fused-ring (bicyclic) bond motifs is 2. The van der Waals surface area contributed by atoms with Gasteiger partial charge in [0.15, 0.2) is 30.2 Å². The number of nitrogens with one attached hydrogen (secondary N) is 3. The molecule has 78 heavy (non-hydrogen) atoms. The second-order valence-electron chi connectivity index (χ2n) is 17.5. The lowest BCUT2D eigenvalue weighted by atomic mass is 9.93. The molecule has 5 unspecified atom stereocenters. The van der Waals surface area contributed by atoms with Crippen molar-refractivity contribution in [1.82, 2.24) is 48.9 Å². The van der Waals surface area contributed by atoms with Gasteiger partial charge < -0.3 is 70.6 Å². The summed E-state index contributed by atoms with van der Waals surface area (Å²) in [6.45, 7) is -1.85. The number of amides is 1. The SMILES string of the molecule is CO[C@@H]1[C@H](OP(=O)(O)OC[C@H]2O[C@@H](n3ccc(=O)[nH]c3=O)[C@H](O)[C@@H]2O)C(COP(=O)(O)OP(=O)(O)OP(=O)(O)OC[C@H]2O[C@@H]([n+]3cn(C)c4c(=O)[nH]c(N)nc43)[C@H](O)[C@@H]2CCCNC(C)=O)O[C@H]1n1cnc2c(N)ncnc21. The number of aromatic amines is 2. The van der Waals surface area contributed by atoms with Crippen LogP contribution in [0.4, 0.5) is 11.8 Å². The van der Waals surface area contributed by atoms with E-state index >= 15 is 0 Å². The second kappa shape index (κ2) is 23.2. The predicted molar refractivity (Wildman–Crippen MR) is 253 cm³/mol. The number of anilines is 2. The van der Waals surface area contributed by atoms with Crippen LogP contribution in [0, 0.1) is 5.92 Å². The number of hydrogen-bond donors (Lipinski definition) is 12. The molecule has 14 N–H and O–H groups in total. The zero-order valence-corrected chi connectivity index (χ0v) is 44.1. The fraction of sp³-hybridized carbons (Fsp3) is 0.583. The summed E-state index contributed by atoms with van der Waals surface area (Å²) in [5.41, 5.74) is 9.29. The summed E-state index contributed by atoms with van der Waals surface area (Å²) in [6.07, 6.45) is -13.1. The molecule has 0 radical (unpaired) electrons. The Morgan fingerprint density at radius 3 is 2.14 bits per heavy atom. The van der Waals surface area contributed by atoms with Crippen LogP contribution in [-0.2, 0) is 75.8 Å². The standard InChI is InChI=1S/C36H51N13O25P4/c1-15(50)39-7-4-5-16-17(69-32(23(16)52)49-14-46(2)22-30(49)44-35(38)45-31(22)55)9-67-76(59,60)73-78(63,64)74-77(61,62)68-11-19-26(27(65-3)34(71-19)48-13-42-21-28(37)40-12-41-29(21)48)72-75(57,58)66-10-18-24(53)25(54)33(70-18)47-8-6-20(51)43-36(47)56/h6,8,12-14,16-19,23-27,32-34,52-54H,4-5,7,9-11H2,1-3H3,(H10-,37,38,39,40,41,43,44,45,50,51,55,56,57,58,59,60,61,62,63,64)/p+1/t16-,17-,18-,19?,23-,24-,25-,26-,27-,32-,33-,34-/m1/s1. The highest BCUT2D eigenvalue weighted by molar-refractivity contribution is 7.66. The van der Waals surface area contributed by atoms with E-state index < -0.39 is 141 Å². The summed E-state index contributed by atoms with van der Waals surface area (Å²) in [6, 6.07) is 0.923. The number of rotatable bonds is 23. The van der Waals surface area contributed by atoms with E-state index in [9.17, 15) is 72.3 Å². The fourth-order valence-corrected chi connectivity index (χ4v) is 13.3. The first-order valence-electron chi connectivity index (χ1n) is 22.7. The Hall–Kier alpha value is -5.11. The summed E-state index contributed by atoms with van der Waals surface area (Å²) in [7, 11) is -20.9. The van der Waals surface area contributed by atoms with Gasteiger partial charge in [0.25, 0.3) is 17.1 Å². The zero-order valence-electron chi connectivity index (χ0n) is 40.6. The third-order valence-corrected chi connectivity index (χ3v) is 17.5. The van der Waals surface area contributed by atoms with Crippen molar-refractivity contribution in [3.05, 3.63) is 62.4 Å². The minimum absolute atomic E-state index is 0.00273. The molecule has 0 saturated carbocycles. The van der Waals surface area contributed by atoms with Crippen LogP contribution in [0.15, 0.2) is 45.6 Å². The van der Waals surface area contributed by atoms with E-state index in [1.165, 1.54) is 34.0 Å². The zero-order chi connectivity index (χ0) is 56.8. The average molecular weight is 1190 g/mol. The number of aryl methyl sites for hydroxylation is 1. The van der Waals surface area contributed by atoms with E-state index in [1.807, 2.05) is 4.98 Å². The van der Waals surface area contributed by atoms with Crippen molar-refractivity contribution in [1.29, 1.82) is 0 Å². The third kappa shape index (κ3) is 13.1. The van der Waals surface area contributed by atoms with Gasteiger partial charge in [0.05, 0.1) is 39.3 Å². The molecule has 0 aliphatic carbocycles. The minimum atomic E-state index is -6.21. The van der Waals surface area contributed by atoms with Crippen LogP contribution in [0.2, 0.25) is 0 Å². The van der Waals surface area contributed by atoms with Crippen molar-refractivity contribution >= 4 is 71.3 Å². The van der Waals surface area contributed by atoms with E-state index in [-0.39, 0.29) is 59.4 Å². The molecule has 16 atom stereocenters. The van der Waals surface area contributed by atoms with Gasteiger partial charge in [0.1, 0.15) is 54.6 Å². The Bertz CT molecular complexity index is 3410. The molecule has 5 aromatic heterocycles. The number of nitrogens with two attached hydrogens (primary N) is 2. The first kappa shape index (κ1) is 59.0. The molecule has 42 heteroatoms. The third-order valence-electron chi connectivity index (χ3n) is 12.2. The molecule has 3 saturated heterocycles. The van der Waals surface area contributed by atoms with Crippen molar-refractivity contribution in [2.75, 3.05) is 44.9 Å². The number of ether oxygens (including phenoxy) is 4. The van der Waals surface area contributed by atoms with Crippen LogP contribution in [-0.4, -0.2) is 167 Å². The van der Waals surface area contributed by atoms with Gasteiger partial charge in [-0.15, -0.1) is 0 Å². The molecule has 3 fully saturated rings. The number of aliphatic hydroxyl groups excluding tert-OH is 3. The Labute approximate surface area is 435 Å². The van der Waals surface area contributed by atoms with Crippen LogP contribution < -0.4 is 38.2 Å². The summed E-state index contributed by atoms with van der Waals surface area (Å²) >= 11 is 0. The normalized spacial score (nSPS) is 29.6. The van der Waals surface area contributed by atoms with E-state index in [4.69, 9.17) is 48.5 Å². The first-order valence-corrected chi connectivity index (χ1v) is 28.7. The largest absolute Gasteiger partial charge is 0.490 e. The monoisotopic (exact) mass is 1190 g/mol. The van der Waals surface area contributed by atoms with Crippen LogP contribution >= 0.6 is 31.3 Å². The summed E-state index contributed by atoms with van der Waals surface area (Å²) in [4.78, 5) is 111. The summed E-state index contributed by atoms with van der Waals surface area (Å²) in [5, 5.41) is 35.4. The molecule has 8 rings (SSSR count). The lowest BCUT2D eigenvalue weighted by molar-refractivity contribution is -0.745. The minimum Gasteiger partial charge on any atom is -0.387 e. The molecule has 3 aliphatic rings. The van der Waals surface area contributed by atoms with Gasteiger partial charge in [0.2, 0.25) is 17.7 Å². The Morgan fingerprint density at radius 2 is 1.47 bits per heavy atom. The maximum atomic E-state index is 13.6. The van der Waals surface area contributed by atoms with Crippen LogP contribution in [0.3, 0.4) is 0 Å². The van der Waals surface area contributed by atoms with Gasteiger partial charge in [-0.2, -0.15) is 8.62 Å². The Balaban J connectivity index is 0.945. The number of nitrogen functional groups attached to an aromatic ring is 2. The molecule has 1 amide bonds. The number of nitrogens with zero attached hydrogens (tertiary/aromatic N) is 8. The highest BCUT2D eigenvalue weighted by Crippen LogP contribution is 2.68. The Morgan fingerprint density at radius 1 is 0.821 bits per heavy atom. The molecule has 8 heterocycles. The number of hydrogen-bond acceptors (Lipinski definition) is 27. The molecule has 5 aromatic rings. The van der Waals surface area contributed by atoms with Crippen molar-refractivity contribution in [3.8, 4) is 0 Å². The van der Waals surface area contributed by atoms with Gasteiger partial charge >= 0.3 is 42.6 Å². The van der Waals surface area contributed by atoms with E-state index in [1.54, 1.807) is 0 Å².